The van der Waals surface area contributed by atoms with Crippen molar-refractivity contribution >= 4 is 39.7 Å². The SMILES string of the molecule is CCOc1ccc(-c2cn3c(CC(=O)NCCNC(=O)c4ccc(NC(=O)C(C)(C)C)cc4)csc3n2)cc1. The summed E-state index contributed by atoms with van der Waals surface area (Å²) >= 11 is 1.48. The van der Waals surface area contributed by atoms with Crippen molar-refractivity contribution in [1.29, 1.82) is 0 Å². The maximum atomic E-state index is 12.5. The summed E-state index contributed by atoms with van der Waals surface area (Å²) in [6.07, 6.45) is 2.14. The molecule has 9 nitrogen and oxygen atoms in total. The van der Waals surface area contributed by atoms with E-state index in [1.807, 2.05) is 67.9 Å². The normalized spacial score (nSPS) is 11.3. The molecule has 10 heteroatoms. The number of amides is 3. The minimum atomic E-state index is -0.505. The molecule has 0 saturated heterocycles. The third-order valence-electron chi connectivity index (χ3n) is 5.90. The summed E-state index contributed by atoms with van der Waals surface area (Å²) in [6, 6.07) is 14.5. The highest BCUT2D eigenvalue weighted by Gasteiger charge is 2.21. The maximum Gasteiger partial charge on any atom is 0.251 e. The number of ether oxygens (including phenoxy) is 1. The molecule has 0 saturated carbocycles. The van der Waals surface area contributed by atoms with Crippen LogP contribution in [-0.4, -0.2) is 46.8 Å². The van der Waals surface area contributed by atoms with Gasteiger partial charge in [-0.25, -0.2) is 4.98 Å². The number of anilines is 1. The van der Waals surface area contributed by atoms with Gasteiger partial charge in [-0.15, -0.1) is 11.3 Å². The van der Waals surface area contributed by atoms with Gasteiger partial charge in [0.2, 0.25) is 11.8 Å². The fraction of sp³-hybridized carbons (Fsp3) is 0.310. The van der Waals surface area contributed by atoms with E-state index in [2.05, 4.69) is 20.9 Å². The molecular formula is C29H33N5O4S. The second-order valence-electron chi connectivity index (χ2n) is 10.0. The van der Waals surface area contributed by atoms with Gasteiger partial charge in [0.1, 0.15) is 5.75 Å². The fourth-order valence-electron chi connectivity index (χ4n) is 3.71. The van der Waals surface area contributed by atoms with E-state index in [1.54, 1.807) is 24.3 Å². The van der Waals surface area contributed by atoms with Crippen molar-refractivity contribution in [2.24, 2.45) is 5.41 Å². The Kier molecular flexibility index (Phi) is 8.65. The lowest BCUT2D eigenvalue weighted by molar-refractivity contribution is -0.123. The lowest BCUT2D eigenvalue weighted by atomic mass is 9.95. The largest absolute Gasteiger partial charge is 0.494 e. The van der Waals surface area contributed by atoms with Gasteiger partial charge in [0.25, 0.3) is 5.91 Å². The summed E-state index contributed by atoms with van der Waals surface area (Å²) in [4.78, 5) is 42.6. The van der Waals surface area contributed by atoms with Crippen LogP contribution in [0.15, 0.2) is 60.1 Å². The van der Waals surface area contributed by atoms with Crippen LogP contribution < -0.4 is 20.7 Å². The molecule has 0 radical (unpaired) electrons. The monoisotopic (exact) mass is 547 g/mol. The van der Waals surface area contributed by atoms with Crippen LogP contribution in [0.3, 0.4) is 0 Å². The molecule has 3 N–H and O–H groups in total. The minimum absolute atomic E-state index is 0.0975. The smallest absolute Gasteiger partial charge is 0.251 e. The molecular weight excluding hydrogens is 514 g/mol. The van der Waals surface area contributed by atoms with Crippen LogP contribution in [0, 0.1) is 5.41 Å². The summed E-state index contributed by atoms with van der Waals surface area (Å²) in [6.45, 7) is 8.67. The minimum Gasteiger partial charge on any atom is -0.494 e. The van der Waals surface area contributed by atoms with Crippen molar-refractivity contribution in [3.63, 3.8) is 0 Å². The van der Waals surface area contributed by atoms with Crippen LogP contribution in [0.2, 0.25) is 0 Å². The zero-order valence-electron chi connectivity index (χ0n) is 22.5. The summed E-state index contributed by atoms with van der Waals surface area (Å²) in [7, 11) is 0. The van der Waals surface area contributed by atoms with Gasteiger partial charge in [-0.1, -0.05) is 20.8 Å². The van der Waals surface area contributed by atoms with E-state index in [4.69, 9.17) is 4.74 Å². The molecule has 0 fully saturated rings. The number of benzene rings is 2. The molecule has 0 atom stereocenters. The van der Waals surface area contributed by atoms with Crippen molar-refractivity contribution < 1.29 is 19.1 Å². The Labute approximate surface area is 231 Å². The zero-order valence-corrected chi connectivity index (χ0v) is 23.4. The molecule has 204 valence electrons. The van der Waals surface area contributed by atoms with Gasteiger partial charge in [-0.05, 0) is 55.5 Å². The van der Waals surface area contributed by atoms with Crippen molar-refractivity contribution in [3.05, 3.63) is 71.4 Å². The van der Waals surface area contributed by atoms with Gasteiger partial charge < -0.3 is 20.7 Å². The molecule has 2 heterocycles. The zero-order chi connectivity index (χ0) is 28.0. The molecule has 39 heavy (non-hydrogen) atoms. The van der Waals surface area contributed by atoms with E-state index in [0.29, 0.717) is 30.9 Å². The second kappa shape index (κ2) is 12.1. The molecule has 4 aromatic rings. The van der Waals surface area contributed by atoms with Gasteiger partial charge >= 0.3 is 0 Å². The highest BCUT2D eigenvalue weighted by Crippen LogP contribution is 2.25. The Bertz CT molecular complexity index is 1450. The van der Waals surface area contributed by atoms with Gasteiger partial charge in [0.05, 0.1) is 18.7 Å². The molecule has 0 spiro atoms. The van der Waals surface area contributed by atoms with Gasteiger partial charge in [-0.3, -0.25) is 18.8 Å². The number of imidazole rings is 1. The lowest BCUT2D eigenvalue weighted by Crippen LogP contribution is -2.35. The number of thiazole rings is 1. The molecule has 2 aromatic heterocycles. The van der Waals surface area contributed by atoms with Crippen LogP contribution >= 0.6 is 11.3 Å². The lowest BCUT2D eigenvalue weighted by Gasteiger charge is -2.17. The molecule has 0 unspecified atom stereocenters. The summed E-state index contributed by atoms with van der Waals surface area (Å²) < 4.78 is 7.44. The van der Waals surface area contributed by atoms with Crippen molar-refractivity contribution in [2.75, 3.05) is 25.0 Å². The molecule has 0 bridgehead atoms. The molecule has 3 amide bonds. The van der Waals surface area contributed by atoms with E-state index in [-0.39, 0.29) is 24.1 Å². The van der Waals surface area contributed by atoms with E-state index in [9.17, 15) is 14.4 Å². The number of fused-ring (bicyclic) bond motifs is 1. The third-order valence-corrected chi connectivity index (χ3v) is 6.79. The van der Waals surface area contributed by atoms with E-state index in [1.165, 1.54) is 11.3 Å². The number of nitrogens with one attached hydrogen (secondary N) is 3. The van der Waals surface area contributed by atoms with Crippen LogP contribution in [0.1, 0.15) is 43.7 Å². The standard InChI is InChI=1S/C29H33N5O4S/c1-5-38-23-12-8-19(9-13-23)24-17-34-22(18-39-28(34)33-24)16-25(35)30-14-15-31-26(36)20-6-10-21(11-7-20)32-27(37)29(2,3)4/h6-13,17-18H,5,14-16H2,1-4H3,(H,30,35)(H,31,36)(H,32,37). The van der Waals surface area contributed by atoms with Crippen LogP contribution in [0.5, 0.6) is 5.75 Å². The van der Waals surface area contributed by atoms with Crippen LogP contribution in [0.4, 0.5) is 5.69 Å². The molecule has 0 aliphatic heterocycles. The number of carbonyl (C=O) groups excluding carboxylic acids is 3. The first-order chi connectivity index (χ1) is 18.6. The average Bonchev–Trinajstić information content (AvgIpc) is 3.49. The third kappa shape index (κ3) is 7.23. The van der Waals surface area contributed by atoms with E-state index >= 15 is 0 Å². The quantitative estimate of drug-likeness (QED) is 0.252. The van der Waals surface area contributed by atoms with Gasteiger partial charge in [0, 0.05) is 52.6 Å². The number of rotatable bonds is 10. The average molecular weight is 548 g/mol. The summed E-state index contributed by atoms with van der Waals surface area (Å²) in [5, 5.41) is 10.4. The topological polar surface area (TPSA) is 114 Å². The number of carbonyl (C=O) groups is 3. The van der Waals surface area contributed by atoms with Crippen molar-refractivity contribution in [2.45, 2.75) is 34.1 Å². The molecule has 2 aromatic carbocycles. The Hall–Kier alpha value is -4.18. The Morgan fingerprint density at radius 2 is 1.67 bits per heavy atom. The van der Waals surface area contributed by atoms with E-state index in [0.717, 1.165) is 27.7 Å². The highest BCUT2D eigenvalue weighted by atomic mass is 32.1. The van der Waals surface area contributed by atoms with Crippen LogP contribution in [-0.2, 0) is 16.0 Å². The summed E-state index contributed by atoms with van der Waals surface area (Å²) in [5.74, 6) is 0.326. The van der Waals surface area contributed by atoms with Crippen molar-refractivity contribution in [3.8, 4) is 17.0 Å². The molecule has 4 rings (SSSR count). The fourth-order valence-corrected chi connectivity index (χ4v) is 4.59. The Morgan fingerprint density at radius 1 is 0.974 bits per heavy atom. The second-order valence-corrected chi connectivity index (χ2v) is 10.9. The molecule has 0 aliphatic rings. The van der Waals surface area contributed by atoms with Crippen molar-refractivity contribution in [1.82, 2.24) is 20.0 Å². The maximum absolute atomic E-state index is 12.5. The Balaban J connectivity index is 1.24. The first-order valence-corrected chi connectivity index (χ1v) is 13.7. The Morgan fingerprint density at radius 3 is 2.33 bits per heavy atom. The number of nitrogens with zero attached hydrogens (tertiary/aromatic N) is 2. The van der Waals surface area contributed by atoms with Crippen LogP contribution in [0.25, 0.3) is 16.2 Å². The predicted octanol–water partition coefficient (Wildman–Crippen LogP) is 4.53. The first-order valence-electron chi connectivity index (χ1n) is 12.8. The van der Waals surface area contributed by atoms with Gasteiger partial charge in [0.15, 0.2) is 4.96 Å². The number of hydrogen-bond donors (Lipinski definition) is 3. The number of aromatic nitrogens is 2. The molecule has 0 aliphatic carbocycles. The van der Waals surface area contributed by atoms with Gasteiger partial charge in [-0.2, -0.15) is 0 Å². The number of hydrogen-bond acceptors (Lipinski definition) is 6. The predicted molar refractivity (Wildman–Crippen MR) is 153 cm³/mol. The highest BCUT2D eigenvalue weighted by molar-refractivity contribution is 7.15. The first kappa shape index (κ1) is 27.8. The summed E-state index contributed by atoms with van der Waals surface area (Å²) in [5.41, 5.74) is 3.25. The van der Waals surface area contributed by atoms with E-state index < -0.39 is 5.41 Å².